The van der Waals surface area contributed by atoms with Gasteiger partial charge >= 0.3 is 0 Å². The van der Waals surface area contributed by atoms with E-state index >= 15 is 0 Å². The van der Waals surface area contributed by atoms with Crippen molar-refractivity contribution in [3.05, 3.63) is 11.6 Å². The predicted molar refractivity (Wildman–Crippen MR) is 47.5 cm³/mol. The van der Waals surface area contributed by atoms with Crippen LogP contribution in [0.25, 0.3) is 0 Å². The fraction of sp³-hybridized carbons (Fsp3) is 0.800. The van der Waals surface area contributed by atoms with Crippen molar-refractivity contribution in [1.82, 2.24) is 5.32 Å². The van der Waals surface area contributed by atoms with Crippen molar-refractivity contribution < 1.29 is 0 Å². The fourth-order valence-corrected chi connectivity index (χ4v) is 2.40. The number of allylic oxidation sites excluding steroid dienone is 1. The van der Waals surface area contributed by atoms with Gasteiger partial charge in [0.25, 0.3) is 0 Å². The van der Waals surface area contributed by atoms with Gasteiger partial charge in [0.05, 0.1) is 0 Å². The Bertz CT molecular complexity index is 172. The first-order valence-electron chi connectivity index (χ1n) is 4.81. The summed E-state index contributed by atoms with van der Waals surface area (Å²) in [5.74, 6) is 0.931. The highest BCUT2D eigenvalue weighted by molar-refractivity contribution is 5.18. The molecule has 0 aromatic carbocycles. The molecular formula is C10H17N. The van der Waals surface area contributed by atoms with Crippen LogP contribution in [0.1, 0.15) is 32.6 Å². The summed E-state index contributed by atoms with van der Waals surface area (Å²) in [6, 6.07) is 0.661. The molecule has 2 unspecified atom stereocenters. The molecule has 0 saturated carbocycles. The normalized spacial score (nSPS) is 37.7. The third-order valence-electron chi connectivity index (χ3n) is 3.05. The lowest BCUT2D eigenvalue weighted by molar-refractivity contribution is 0.371. The lowest BCUT2D eigenvalue weighted by atomic mass is 9.80. The Morgan fingerprint density at radius 3 is 3.18 bits per heavy atom. The third kappa shape index (κ3) is 1.34. The first-order chi connectivity index (χ1) is 5.38. The van der Waals surface area contributed by atoms with Crippen molar-refractivity contribution in [1.29, 1.82) is 0 Å². The summed E-state index contributed by atoms with van der Waals surface area (Å²) in [6.07, 6.45) is 8.01. The van der Waals surface area contributed by atoms with Crippen LogP contribution in [0.2, 0.25) is 0 Å². The molecule has 62 valence electrons. The monoisotopic (exact) mass is 151 g/mol. The van der Waals surface area contributed by atoms with Gasteiger partial charge in [0.2, 0.25) is 0 Å². The van der Waals surface area contributed by atoms with Gasteiger partial charge in [-0.25, -0.2) is 0 Å². The molecule has 1 N–H and O–H groups in total. The Hall–Kier alpha value is -0.300. The van der Waals surface area contributed by atoms with Gasteiger partial charge in [-0.1, -0.05) is 11.6 Å². The number of nitrogens with one attached hydrogen (secondary N) is 1. The molecule has 1 aliphatic heterocycles. The van der Waals surface area contributed by atoms with Crippen LogP contribution in [0, 0.1) is 5.92 Å². The van der Waals surface area contributed by atoms with Crippen LogP contribution in [0.5, 0.6) is 0 Å². The quantitative estimate of drug-likeness (QED) is 0.523. The molecule has 0 bridgehead atoms. The number of rotatable bonds is 0. The van der Waals surface area contributed by atoms with Crippen LogP contribution in [-0.4, -0.2) is 12.6 Å². The first kappa shape index (κ1) is 7.35. The average molecular weight is 151 g/mol. The molecule has 2 atom stereocenters. The lowest BCUT2D eigenvalue weighted by Crippen LogP contribution is -2.39. The van der Waals surface area contributed by atoms with Crippen molar-refractivity contribution in [3.63, 3.8) is 0 Å². The number of fused-ring (bicyclic) bond motifs is 1. The second kappa shape index (κ2) is 2.98. The smallest absolute Gasteiger partial charge is 0.0253 e. The van der Waals surface area contributed by atoms with Gasteiger partial charge in [0.1, 0.15) is 0 Å². The maximum absolute atomic E-state index is 3.51. The minimum absolute atomic E-state index is 0.661. The van der Waals surface area contributed by atoms with Gasteiger partial charge in [0, 0.05) is 6.04 Å². The Labute approximate surface area is 68.9 Å². The van der Waals surface area contributed by atoms with E-state index in [1.807, 2.05) is 0 Å². The predicted octanol–water partition coefficient (Wildman–Crippen LogP) is 2.09. The van der Waals surface area contributed by atoms with Crippen molar-refractivity contribution in [3.8, 4) is 0 Å². The van der Waals surface area contributed by atoms with E-state index < -0.39 is 0 Å². The highest BCUT2D eigenvalue weighted by Crippen LogP contribution is 2.31. The van der Waals surface area contributed by atoms with Crippen molar-refractivity contribution in [2.75, 3.05) is 6.54 Å². The molecule has 0 radical (unpaired) electrons. The number of piperidine rings is 1. The highest BCUT2D eigenvalue weighted by Gasteiger charge is 2.25. The SMILES string of the molecule is CC1NCCC2CCCC=C21. The second-order valence-electron chi connectivity index (χ2n) is 3.80. The van der Waals surface area contributed by atoms with E-state index in [4.69, 9.17) is 0 Å². The standard InChI is InChI=1S/C10H17N/c1-8-10-5-3-2-4-9(10)6-7-11-8/h5,8-9,11H,2-4,6-7H2,1H3. The van der Waals surface area contributed by atoms with E-state index in [1.165, 1.54) is 32.2 Å². The summed E-state index contributed by atoms with van der Waals surface area (Å²) in [7, 11) is 0. The van der Waals surface area contributed by atoms with Gasteiger partial charge in [-0.05, 0) is 45.1 Å². The summed E-state index contributed by atoms with van der Waals surface area (Å²) >= 11 is 0. The van der Waals surface area contributed by atoms with E-state index in [9.17, 15) is 0 Å². The van der Waals surface area contributed by atoms with Gasteiger partial charge in [-0.3, -0.25) is 0 Å². The summed E-state index contributed by atoms with van der Waals surface area (Å²) in [4.78, 5) is 0. The molecule has 2 aliphatic rings. The zero-order valence-electron chi connectivity index (χ0n) is 7.27. The van der Waals surface area contributed by atoms with Gasteiger partial charge in [0.15, 0.2) is 0 Å². The summed E-state index contributed by atoms with van der Waals surface area (Å²) < 4.78 is 0. The van der Waals surface area contributed by atoms with E-state index in [-0.39, 0.29) is 0 Å². The maximum atomic E-state index is 3.51. The first-order valence-corrected chi connectivity index (χ1v) is 4.81. The Balaban J connectivity index is 2.14. The third-order valence-corrected chi connectivity index (χ3v) is 3.05. The lowest BCUT2D eigenvalue weighted by Gasteiger charge is -2.34. The van der Waals surface area contributed by atoms with Crippen LogP contribution in [0.15, 0.2) is 11.6 Å². The molecule has 11 heavy (non-hydrogen) atoms. The second-order valence-corrected chi connectivity index (χ2v) is 3.80. The Morgan fingerprint density at radius 1 is 1.45 bits per heavy atom. The molecule has 1 heterocycles. The van der Waals surface area contributed by atoms with Gasteiger partial charge in [-0.15, -0.1) is 0 Å². The molecule has 1 nitrogen and oxygen atoms in total. The molecule has 1 heteroatoms. The molecular weight excluding hydrogens is 134 g/mol. The fourth-order valence-electron chi connectivity index (χ4n) is 2.40. The molecule has 1 fully saturated rings. The minimum atomic E-state index is 0.661. The summed E-state index contributed by atoms with van der Waals surface area (Å²) in [6.45, 7) is 3.52. The number of hydrogen-bond donors (Lipinski definition) is 1. The van der Waals surface area contributed by atoms with Crippen LogP contribution >= 0.6 is 0 Å². The average Bonchev–Trinajstić information content (AvgIpc) is 2.06. The largest absolute Gasteiger partial charge is 0.310 e. The molecule has 0 aromatic rings. The maximum Gasteiger partial charge on any atom is 0.0253 e. The van der Waals surface area contributed by atoms with Gasteiger partial charge < -0.3 is 5.32 Å². The van der Waals surface area contributed by atoms with E-state index in [2.05, 4.69) is 18.3 Å². The molecule has 0 aromatic heterocycles. The minimum Gasteiger partial charge on any atom is -0.310 e. The van der Waals surface area contributed by atoms with E-state index in [1.54, 1.807) is 5.57 Å². The highest BCUT2D eigenvalue weighted by atomic mass is 14.9. The zero-order chi connectivity index (χ0) is 7.68. The number of hydrogen-bond acceptors (Lipinski definition) is 1. The van der Waals surface area contributed by atoms with Crippen LogP contribution in [-0.2, 0) is 0 Å². The van der Waals surface area contributed by atoms with E-state index in [0.29, 0.717) is 6.04 Å². The molecule has 2 rings (SSSR count). The molecule has 1 aliphatic carbocycles. The van der Waals surface area contributed by atoms with E-state index in [0.717, 1.165) is 5.92 Å². The zero-order valence-corrected chi connectivity index (χ0v) is 7.27. The van der Waals surface area contributed by atoms with Crippen molar-refractivity contribution in [2.45, 2.75) is 38.6 Å². The van der Waals surface area contributed by atoms with Crippen LogP contribution in [0.3, 0.4) is 0 Å². The van der Waals surface area contributed by atoms with Crippen LogP contribution < -0.4 is 5.32 Å². The van der Waals surface area contributed by atoms with Crippen LogP contribution in [0.4, 0.5) is 0 Å². The summed E-state index contributed by atoms with van der Waals surface area (Å²) in [5.41, 5.74) is 1.70. The molecule has 1 saturated heterocycles. The Morgan fingerprint density at radius 2 is 2.36 bits per heavy atom. The molecule has 0 amide bonds. The summed E-state index contributed by atoms with van der Waals surface area (Å²) in [5, 5.41) is 3.51. The topological polar surface area (TPSA) is 12.0 Å². The van der Waals surface area contributed by atoms with Crippen molar-refractivity contribution >= 4 is 0 Å². The Kier molecular flexibility index (Phi) is 1.99. The van der Waals surface area contributed by atoms with Crippen molar-refractivity contribution in [2.24, 2.45) is 5.92 Å². The molecule has 0 spiro atoms. The van der Waals surface area contributed by atoms with Gasteiger partial charge in [-0.2, -0.15) is 0 Å².